The molecule has 0 bridgehead atoms. The van der Waals surface area contributed by atoms with Crippen molar-refractivity contribution in [2.75, 3.05) is 11.5 Å². The lowest BCUT2D eigenvalue weighted by atomic mass is 9.91. The first-order valence-corrected chi connectivity index (χ1v) is 10.6. The summed E-state index contributed by atoms with van der Waals surface area (Å²) in [5.41, 5.74) is 2.74. The zero-order chi connectivity index (χ0) is 17.9. The van der Waals surface area contributed by atoms with Gasteiger partial charge in [0.2, 0.25) is 0 Å². The molecule has 2 aromatic rings. The van der Waals surface area contributed by atoms with E-state index in [2.05, 4.69) is 81.2 Å². The first kappa shape index (κ1) is 19.7. The fraction of sp³-hybridized carbons (Fsp3) is 0.417. The molecule has 0 nitrogen and oxygen atoms in total. The second-order valence-electron chi connectivity index (χ2n) is 6.81. The first-order chi connectivity index (χ1) is 12.2. The van der Waals surface area contributed by atoms with Gasteiger partial charge in [0, 0.05) is 11.3 Å². The number of rotatable bonds is 3. The monoisotopic (exact) mass is 350 g/mol. The summed E-state index contributed by atoms with van der Waals surface area (Å²) in [6.07, 6.45) is 7.59. The van der Waals surface area contributed by atoms with Gasteiger partial charge in [-0.3, -0.25) is 0 Å². The van der Waals surface area contributed by atoms with Crippen molar-refractivity contribution in [3.63, 3.8) is 0 Å². The van der Waals surface area contributed by atoms with Crippen molar-refractivity contribution >= 4 is 22.5 Å². The highest BCUT2D eigenvalue weighted by Gasteiger charge is 2.10. The highest BCUT2D eigenvalue weighted by Crippen LogP contribution is 2.25. The van der Waals surface area contributed by atoms with Gasteiger partial charge in [-0.1, -0.05) is 81.0 Å². The number of allylic oxidation sites excluding steroid dienone is 1. The molecule has 0 aromatic heterocycles. The first-order valence-electron chi connectivity index (χ1n) is 9.46. The number of hydrogen-bond donors (Lipinski definition) is 0. The Balaban J connectivity index is 0.000000701. The Morgan fingerprint density at radius 1 is 1.08 bits per heavy atom. The Morgan fingerprint density at radius 3 is 2.60 bits per heavy atom. The van der Waals surface area contributed by atoms with E-state index >= 15 is 0 Å². The van der Waals surface area contributed by atoms with Crippen molar-refractivity contribution in [1.82, 2.24) is 0 Å². The third-order valence-electron chi connectivity index (χ3n) is 4.15. The molecule has 0 N–H and O–H groups in total. The fourth-order valence-corrected chi connectivity index (χ4v) is 3.74. The van der Waals surface area contributed by atoms with Crippen LogP contribution in [0.5, 0.6) is 0 Å². The number of benzene rings is 2. The Bertz CT molecular complexity index is 745. The molecule has 1 unspecified atom stereocenters. The lowest BCUT2D eigenvalue weighted by Gasteiger charge is -2.18. The van der Waals surface area contributed by atoms with E-state index in [1.165, 1.54) is 36.5 Å². The van der Waals surface area contributed by atoms with Gasteiger partial charge in [-0.05, 0) is 48.1 Å². The van der Waals surface area contributed by atoms with E-state index in [4.69, 9.17) is 0 Å². The van der Waals surface area contributed by atoms with Crippen LogP contribution in [0.4, 0.5) is 0 Å². The normalized spacial score (nSPS) is 16.3. The van der Waals surface area contributed by atoms with Gasteiger partial charge in [-0.2, -0.15) is 0 Å². The maximum atomic E-state index is 3.30. The van der Waals surface area contributed by atoms with Crippen LogP contribution in [-0.4, -0.2) is 11.5 Å². The third kappa shape index (κ3) is 7.00. The molecule has 0 saturated heterocycles. The van der Waals surface area contributed by atoms with Crippen LogP contribution in [0.2, 0.25) is 0 Å². The van der Waals surface area contributed by atoms with Gasteiger partial charge in [0.1, 0.15) is 0 Å². The van der Waals surface area contributed by atoms with E-state index in [0.717, 1.165) is 23.0 Å². The van der Waals surface area contributed by atoms with Gasteiger partial charge < -0.3 is 0 Å². The van der Waals surface area contributed by atoms with Crippen LogP contribution in [-0.2, 0) is 0 Å². The number of fused-ring (bicyclic) bond motifs is 1. The van der Waals surface area contributed by atoms with Crippen LogP contribution in [0.1, 0.15) is 52.0 Å². The Morgan fingerprint density at radius 2 is 1.84 bits per heavy atom. The van der Waals surface area contributed by atoms with Crippen molar-refractivity contribution in [2.24, 2.45) is 5.92 Å². The average Bonchev–Trinajstić information content (AvgIpc) is 2.62. The van der Waals surface area contributed by atoms with Crippen LogP contribution in [0.25, 0.3) is 10.8 Å². The molecular weight excluding hydrogens is 320 g/mol. The van der Waals surface area contributed by atoms with E-state index in [9.17, 15) is 0 Å². The lowest BCUT2D eigenvalue weighted by Crippen LogP contribution is -2.04. The van der Waals surface area contributed by atoms with Gasteiger partial charge >= 0.3 is 0 Å². The molecule has 0 spiro atoms. The summed E-state index contributed by atoms with van der Waals surface area (Å²) in [4.78, 5) is 0. The molecule has 25 heavy (non-hydrogen) atoms. The van der Waals surface area contributed by atoms with Crippen LogP contribution in [0.3, 0.4) is 0 Å². The molecule has 3 rings (SSSR count). The van der Waals surface area contributed by atoms with Gasteiger partial charge in [-0.25, -0.2) is 0 Å². The van der Waals surface area contributed by atoms with Crippen molar-refractivity contribution in [1.29, 1.82) is 0 Å². The third-order valence-corrected chi connectivity index (χ3v) is 5.07. The molecule has 1 aliphatic carbocycles. The van der Waals surface area contributed by atoms with E-state index < -0.39 is 0 Å². The zero-order valence-electron chi connectivity index (χ0n) is 15.8. The maximum Gasteiger partial charge on any atom is 0.0554 e. The second-order valence-corrected chi connectivity index (χ2v) is 7.80. The van der Waals surface area contributed by atoms with Gasteiger partial charge in [0.25, 0.3) is 0 Å². The van der Waals surface area contributed by atoms with E-state index in [-0.39, 0.29) is 0 Å². The summed E-state index contributed by atoms with van der Waals surface area (Å²) in [6.45, 7) is 6.61. The minimum atomic E-state index is 0.865. The van der Waals surface area contributed by atoms with Gasteiger partial charge in [0.05, 0.1) is 5.75 Å². The van der Waals surface area contributed by atoms with Gasteiger partial charge in [-0.15, -0.1) is 11.8 Å². The second kappa shape index (κ2) is 11.1. The molecule has 1 atom stereocenters. The SMILES string of the molecule is CC1CCC=C(CSCC#Cc2ccc3ccccc3c2)C1.CCC. The van der Waals surface area contributed by atoms with Gasteiger partial charge in [0.15, 0.2) is 0 Å². The number of hydrogen-bond acceptors (Lipinski definition) is 1. The van der Waals surface area contributed by atoms with Crippen molar-refractivity contribution < 1.29 is 0 Å². The zero-order valence-corrected chi connectivity index (χ0v) is 16.7. The van der Waals surface area contributed by atoms with E-state index in [1.54, 1.807) is 5.57 Å². The quantitative estimate of drug-likeness (QED) is 0.323. The lowest BCUT2D eigenvalue weighted by molar-refractivity contribution is 0.511. The summed E-state index contributed by atoms with van der Waals surface area (Å²) >= 11 is 1.94. The Kier molecular flexibility index (Phi) is 8.70. The van der Waals surface area contributed by atoms with Crippen LogP contribution in [0, 0.1) is 17.8 Å². The molecule has 132 valence electrons. The van der Waals surface area contributed by atoms with E-state index in [1.807, 2.05) is 11.8 Å². The highest BCUT2D eigenvalue weighted by molar-refractivity contribution is 7.99. The summed E-state index contributed by atoms with van der Waals surface area (Å²) in [7, 11) is 0. The molecule has 1 aliphatic rings. The topological polar surface area (TPSA) is 0 Å². The molecule has 2 aromatic carbocycles. The standard InChI is InChI=1S/C21H22S.C3H8/c1-17-6-4-7-19(14-17)16-22-13-5-8-18-11-12-20-9-2-3-10-21(20)15-18;1-3-2/h2-3,7,9-12,15,17H,4,6,13-14,16H2,1H3;3H2,1-2H3. The van der Waals surface area contributed by atoms with Crippen LogP contribution >= 0.6 is 11.8 Å². The molecule has 0 saturated carbocycles. The predicted molar refractivity (Wildman–Crippen MR) is 115 cm³/mol. The molecule has 0 aliphatic heterocycles. The van der Waals surface area contributed by atoms with Crippen LogP contribution in [0.15, 0.2) is 54.1 Å². The average molecular weight is 351 g/mol. The molecular formula is C24H30S. The minimum Gasteiger partial charge on any atom is -0.144 e. The largest absolute Gasteiger partial charge is 0.144 e. The fourth-order valence-electron chi connectivity index (χ4n) is 2.96. The summed E-state index contributed by atoms with van der Waals surface area (Å²) in [6, 6.07) is 14.9. The Hall–Kier alpha value is -1.65. The van der Waals surface area contributed by atoms with Crippen molar-refractivity contribution in [3.05, 3.63) is 59.7 Å². The minimum absolute atomic E-state index is 0.865. The molecule has 0 amide bonds. The smallest absolute Gasteiger partial charge is 0.0554 e. The molecule has 0 fully saturated rings. The number of thioether (sulfide) groups is 1. The summed E-state index contributed by atoms with van der Waals surface area (Å²) in [5.74, 6) is 9.53. The molecule has 1 heteroatoms. The van der Waals surface area contributed by atoms with Crippen molar-refractivity contribution in [2.45, 2.75) is 46.5 Å². The molecule has 0 heterocycles. The van der Waals surface area contributed by atoms with Crippen LogP contribution < -0.4 is 0 Å². The predicted octanol–water partition coefficient (Wildman–Crippen LogP) is 7.09. The highest BCUT2D eigenvalue weighted by atomic mass is 32.2. The van der Waals surface area contributed by atoms with Crippen molar-refractivity contribution in [3.8, 4) is 11.8 Å². The molecule has 0 radical (unpaired) electrons. The summed E-state index contributed by atoms with van der Waals surface area (Å²) < 4.78 is 0. The maximum absolute atomic E-state index is 3.30. The van der Waals surface area contributed by atoms with E-state index in [0.29, 0.717) is 0 Å². The Labute approximate surface area is 158 Å². The summed E-state index contributed by atoms with van der Waals surface area (Å²) in [5, 5.41) is 2.55.